The molecular formula is C10H11ClF3N3. The summed E-state index contributed by atoms with van der Waals surface area (Å²) in [4.78, 5) is 7.16. The molecule has 0 radical (unpaired) electrons. The van der Waals surface area contributed by atoms with E-state index in [0.717, 1.165) is 6.20 Å². The largest absolute Gasteiger partial charge is 0.365 e. The van der Waals surface area contributed by atoms with Gasteiger partial charge in [-0.2, -0.15) is 4.98 Å². The molecular weight excluding hydrogens is 255 g/mol. The summed E-state index contributed by atoms with van der Waals surface area (Å²) >= 11 is 5.53. The van der Waals surface area contributed by atoms with Crippen molar-refractivity contribution in [1.82, 2.24) is 9.97 Å². The highest BCUT2D eigenvalue weighted by Crippen LogP contribution is 2.34. The van der Waals surface area contributed by atoms with Crippen molar-refractivity contribution >= 4 is 17.4 Å². The highest BCUT2D eigenvalue weighted by atomic mass is 35.5. The lowest BCUT2D eigenvalue weighted by atomic mass is 9.92. The van der Waals surface area contributed by atoms with Crippen LogP contribution in [0.25, 0.3) is 0 Å². The summed E-state index contributed by atoms with van der Waals surface area (Å²) in [5.41, 5.74) is 0. The second-order valence-corrected chi connectivity index (χ2v) is 4.45. The minimum atomic E-state index is -2.60. The van der Waals surface area contributed by atoms with Gasteiger partial charge in [0.1, 0.15) is 0 Å². The number of halogens is 4. The molecule has 1 aromatic heterocycles. The third-order valence-corrected chi connectivity index (χ3v) is 2.95. The van der Waals surface area contributed by atoms with Crippen LogP contribution in [0.5, 0.6) is 0 Å². The smallest absolute Gasteiger partial charge is 0.248 e. The number of alkyl halides is 2. The molecule has 1 aliphatic carbocycles. The maximum absolute atomic E-state index is 13.3. The van der Waals surface area contributed by atoms with E-state index in [1.54, 1.807) is 0 Å². The standard InChI is InChI=1S/C10H11ClF3N3/c11-9-15-5-7(12)8(17-9)16-6-1-3-10(13,14)4-2-6/h5-6H,1-4H2,(H,15,16,17). The number of anilines is 1. The lowest BCUT2D eigenvalue weighted by Crippen LogP contribution is -2.32. The Hall–Kier alpha value is -1.04. The van der Waals surface area contributed by atoms with Gasteiger partial charge in [0.05, 0.1) is 6.20 Å². The molecule has 1 aromatic rings. The fraction of sp³-hybridized carbons (Fsp3) is 0.600. The van der Waals surface area contributed by atoms with Crippen LogP contribution >= 0.6 is 11.6 Å². The van der Waals surface area contributed by atoms with Gasteiger partial charge in [0.25, 0.3) is 0 Å². The first-order chi connectivity index (χ1) is 7.96. The van der Waals surface area contributed by atoms with Gasteiger partial charge >= 0.3 is 0 Å². The van der Waals surface area contributed by atoms with E-state index in [9.17, 15) is 13.2 Å². The number of hydrogen-bond acceptors (Lipinski definition) is 3. The number of nitrogens with one attached hydrogen (secondary N) is 1. The Kier molecular flexibility index (Phi) is 3.42. The van der Waals surface area contributed by atoms with E-state index in [0.29, 0.717) is 0 Å². The molecule has 0 amide bonds. The van der Waals surface area contributed by atoms with E-state index < -0.39 is 11.7 Å². The first-order valence-electron chi connectivity index (χ1n) is 5.29. The summed E-state index contributed by atoms with van der Waals surface area (Å²) in [7, 11) is 0. The summed E-state index contributed by atoms with van der Waals surface area (Å²) in [6.45, 7) is 0. The molecule has 0 aromatic carbocycles. The van der Waals surface area contributed by atoms with Crippen molar-refractivity contribution < 1.29 is 13.2 Å². The van der Waals surface area contributed by atoms with Crippen molar-refractivity contribution in [2.24, 2.45) is 0 Å². The van der Waals surface area contributed by atoms with Gasteiger partial charge in [-0.3, -0.25) is 0 Å². The first-order valence-corrected chi connectivity index (χ1v) is 5.66. The van der Waals surface area contributed by atoms with Crippen molar-refractivity contribution in [1.29, 1.82) is 0 Å². The van der Waals surface area contributed by atoms with E-state index in [-0.39, 0.29) is 42.8 Å². The van der Waals surface area contributed by atoms with Crippen molar-refractivity contribution in [3.05, 3.63) is 17.3 Å². The molecule has 1 N–H and O–H groups in total. The zero-order valence-electron chi connectivity index (χ0n) is 8.89. The monoisotopic (exact) mass is 265 g/mol. The second-order valence-electron chi connectivity index (χ2n) is 4.11. The van der Waals surface area contributed by atoms with Gasteiger partial charge in [-0.25, -0.2) is 18.2 Å². The third kappa shape index (κ3) is 3.21. The minimum Gasteiger partial charge on any atom is -0.365 e. The molecule has 94 valence electrons. The number of hydrogen-bond donors (Lipinski definition) is 1. The Morgan fingerprint density at radius 2 is 2.00 bits per heavy atom. The van der Waals surface area contributed by atoms with Gasteiger partial charge in [0, 0.05) is 18.9 Å². The van der Waals surface area contributed by atoms with E-state index >= 15 is 0 Å². The van der Waals surface area contributed by atoms with Crippen LogP contribution in [-0.2, 0) is 0 Å². The molecule has 17 heavy (non-hydrogen) atoms. The molecule has 7 heteroatoms. The number of nitrogens with zero attached hydrogens (tertiary/aromatic N) is 2. The zero-order valence-corrected chi connectivity index (χ0v) is 9.65. The fourth-order valence-electron chi connectivity index (χ4n) is 1.82. The van der Waals surface area contributed by atoms with Crippen LogP contribution in [0.4, 0.5) is 19.0 Å². The van der Waals surface area contributed by atoms with Gasteiger partial charge in [-0.15, -0.1) is 0 Å². The lowest BCUT2D eigenvalue weighted by Gasteiger charge is -2.29. The molecule has 0 aliphatic heterocycles. The average Bonchev–Trinajstić information content (AvgIpc) is 2.26. The molecule has 1 aliphatic rings. The molecule has 0 saturated heterocycles. The van der Waals surface area contributed by atoms with Gasteiger partial charge in [0.2, 0.25) is 11.2 Å². The Morgan fingerprint density at radius 3 is 2.65 bits per heavy atom. The number of rotatable bonds is 2. The molecule has 2 rings (SSSR count). The molecule has 3 nitrogen and oxygen atoms in total. The minimum absolute atomic E-state index is 0.0276. The quantitative estimate of drug-likeness (QED) is 0.834. The summed E-state index contributed by atoms with van der Waals surface area (Å²) in [6.07, 6.45) is 1.15. The SMILES string of the molecule is Fc1cnc(Cl)nc1NC1CCC(F)(F)CC1. The summed E-state index contributed by atoms with van der Waals surface area (Å²) in [6, 6.07) is -0.199. The van der Waals surface area contributed by atoms with Crippen molar-refractivity contribution in [3.63, 3.8) is 0 Å². The predicted octanol–water partition coefficient (Wildman–Crippen LogP) is 3.26. The second kappa shape index (κ2) is 4.68. The average molecular weight is 266 g/mol. The lowest BCUT2D eigenvalue weighted by molar-refractivity contribution is -0.0361. The highest BCUT2D eigenvalue weighted by Gasteiger charge is 2.35. The van der Waals surface area contributed by atoms with E-state index in [1.165, 1.54) is 0 Å². The fourth-order valence-corrected chi connectivity index (χ4v) is 1.96. The van der Waals surface area contributed by atoms with Gasteiger partial charge < -0.3 is 5.32 Å². The van der Waals surface area contributed by atoms with E-state index in [2.05, 4.69) is 15.3 Å². The van der Waals surface area contributed by atoms with Crippen LogP contribution in [0.2, 0.25) is 5.28 Å². The van der Waals surface area contributed by atoms with Crippen LogP contribution < -0.4 is 5.32 Å². The molecule has 1 heterocycles. The Balaban J connectivity index is 2.00. The van der Waals surface area contributed by atoms with Crippen LogP contribution in [-0.4, -0.2) is 21.9 Å². The summed E-state index contributed by atoms with van der Waals surface area (Å²) in [5, 5.41) is 2.71. The maximum atomic E-state index is 13.3. The van der Waals surface area contributed by atoms with Gasteiger partial charge in [-0.05, 0) is 24.4 Å². The Morgan fingerprint density at radius 1 is 1.35 bits per heavy atom. The van der Waals surface area contributed by atoms with Crippen LogP contribution in [0.3, 0.4) is 0 Å². The van der Waals surface area contributed by atoms with E-state index in [4.69, 9.17) is 11.6 Å². The van der Waals surface area contributed by atoms with Crippen LogP contribution in [0.15, 0.2) is 6.20 Å². The van der Waals surface area contributed by atoms with Crippen LogP contribution in [0, 0.1) is 5.82 Å². The predicted molar refractivity (Wildman–Crippen MR) is 57.8 cm³/mol. The zero-order chi connectivity index (χ0) is 12.5. The maximum Gasteiger partial charge on any atom is 0.248 e. The highest BCUT2D eigenvalue weighted by molar-refractivity contribution is 6.28. The number of aromatic nitrogens is 2. The molecule has 0 atom stereocenters. The van der Waals surface area contributed by atoms with Crippen molar-refractivity contribution in [2.75, 3.05) is 5.32 Å². The van der Waals surface area contributed by atoms with Gasteiger partial charge in [0.15, 0.2) is 11.6 Å². The summed E-state index contributed by atoms with van der Waals surface area (Å²) < 4.78 is 39.1. The van der Waals surface area contributed by atoms with Crippen LogP contribution in [0.1, 0.15) is 25.7 Å². The van der Waals surface area contributed by atoms with Gasteiger partial charge in [-0.1, -0.05) is 0 Å². The normalized spacial score (nSPS) is 20.2. The molecule has 0 bridgehead atoms. The molecule has 1 fully saturated rings. The topological polar surface area (TPSA) is 37.8 Å². The molecule has 1 saturated carbocycles. The Labute approximate surface area is 101 Å². The molecule has 0 spiro atoms. The summed E-state index contributed by atoms with van der Waals surface area (Å²) in [5.74, 6) is -3.26. The van der Waals surface area contributed by atoms with E-state index in [1.807, 2.05) is 0 Å². The first kappa shape index (κ1) is 12.4. The molecule has 0 unspecified atom stereocenters. The van der Waals surface area contributed by atoms with Crippen molar-refractivity contribution in [3.8, 4) is 0 Å². The third-order valence-electron chi connectivity index (χ3n) is 2.77. The van der Waals surface area contributed by atoms with Crippen molar-refractivity contribution in [2.45, 2.75) is 37.6 Å². The Bertz CT molecular complexity index is 404.